The maximum Gasteiger partial charge on any atom is 0.0542 e. The van der Waals surface area contributed by atoms with Crippen LogP contribution in [-0.2, 0) is 0 Å². The lowest BCUT2D eigenvalue weighted by atomic mass is 10.0. The van der Waals surface area contributed by atoms with Crippen molar-refractivity contribution in [3.05, 3.63) is 266 Å². The molecule has 11 rings (SSSR count). The normalized spacial score (nSPS) is 11.6. The van der Waals surface area contributed by atoms with Crippen molar-refractivity contribution in [3.8, 4) is 22.5 Å². The maximum absolute atomic E-state index is 3.96. The number of aromatic nitrogens is 2. The summed E-state index contributed by atoms with van der Waals surface area (Å²) < 4.78 is 4.72. The molecule has 0 N–H and O–H groups in total. The van der Waals surface area contributed by atoms with Gasteiger partial charge in [0.25, 0.3) is 0 Å². The molecule has 326 valence electrons. The zero-order valence-electron chi connectivity index (χ0n) is 38.2. The van der Waals surface area contributed by atoms with E-state index in [0.717, 1.165) is 73.3 Å². The highest BCUT2D eigenvalue weighted by Crippen LogP contribution is 2.41. The summed E-state index contributed by atoms with van der Waals surface area (Å²) in [6.07, 6.45) is 10.7. The average Bonchev–Trinajstić information content (AvgIpc) is 3.89. The van der Waals surface area contributed by atoms with Crippen LogP contribution in [0.15, 0.2) is 243 Å². The van der Waals surface area contributed by atoms with Crippen LogP contribution in [0.4, 0.5) is 28.4 Å². The Balaban J connectivity index is 0.931. The Morgan fingerprint density at radius 3 is 1.57 bits per heavy atom. The summed E-state index contributed by atoms with van der Waals surface area (Å²) in [5.74, 6) is 0. The van der Waals surface area contributed by atoms with Gasteiger partial charge in [0, 0.05) is 67.7 Å². The van der Waals surface area contributed by atoms with Crippen LogP contribution in [0.2, 0.25) is 0 Å². The van der Waals surface area contributed by atoms with Gasteiger partial charge < -0.3 is 18.9 Å². The van der Waals surface area contributed by atoms with E-state index in [4.69, 9.17) is 0 Å². The molecular weight excluding hydrogens is 825 g/mol. The van der Waals surface area contributed by atoms with Gasteiger partial charge in [0.2, 0.25) is 0 Å². The van der Waals surface area contributed by atoms with Crippen LogP contribution in [0.3, 0.4) is 0 Å². The molecule has 68 heavy (non-hydrogen) atoms. The average molecular weight is 875 g/mol. The topological polar surface area (TPSA) is 16.3 Å². The van der Waals surface area contributed by atoms with Crippen molar-refractivity contribution in [3.63, 3.8) is 0 Å². The van der Waals surface area contributed by atoms with Crippen LogP contribution in [0.1, 0.15) is 29.3 Å². The number of benzene rings is 9. The highest BCUT2D eigenvalue weighted by atomic mass is 15.1. The second-order valence-electron chi connectivity index (χ2n) is 17.1. The van der Waals surface area contributed by atoms with Crippen LogP contribution in [-0.4, -0.2) is 9.13 Å². The molecule has 0 unspecified atom stereocenters. The summed E-state index contributed by atoms with van der Waals surface area (Å²) in [7, 11) is 0. The Morgan fingerprint density at radius 1 is 0.426 bits per heavy atom. The highest BCUT2D eigenvalue weighted by Gasteiger charge is 2.19. The SMILES string of the molecule is C=Cc1ccc(-n2c(/C=C\C)c(/C=C/N(c3ccccc3)c3ccc(-c4ccc(N(c5ccccc5)c5ccc6c(c5)c5ccccc5n6-c5ccc(C)cc5)cc4)cc3)c3ccccc32)cc1. The minimum Gasteiger partial charge on any atom is -0.317 e. The standard InChI is InChI=1S/C64H50N4/c1-4-16-61-59(57-21-12-14-23-62(57)67(61)55-35-27-47(5-2)28-36-55)43-44-65(50-17-8-6-9-18-50)51-37-29-48(30-38-51)49-31-39-53(40-32-49)66(52-19-10-7-11-20-52)56-41-42-64-60(45-56)58-22-13-15-24-63(58)68(64)54-33-25-46(3)26-34-54/h4-45H,2H2,1,3H3/b16-4-,44-43+. The van der Waals surface area contributed by atoms with Gasteiger partial charge in [0.05, 0.1) is 22.2 Å². The molecule has 0 fully saturated rings. The molecule has 2 heterocycles. The molecule has 0 aliphatic rings. The number of anilines is 5. The number of fused-ring (bicyclic) bond motifs is 4. The monoisotopic (exact) mass is 874 g/mol. The summed E-state index contributed by atoms with van der Waals surface area (Å²) in [5.41, 5.74) is 18.2. The lowest BCUT2D eigenvalue weighted by molar-refractivity contribution is 1.10. The van der Waals surface area contributed by atoms with Crippen LogP contribution in [0.25, 0.3) is 73.4 Å². The lowest BCUT2D eigenvalue weighted by Gasteiger charge is -2.26. The molecule has 0 atom stereocenters. The molecule has 2 aromatic heterocycles. The van der Waals surface area contributed by atoms with Gasteiger partial charge >= 0.3 is 0 Å². The lowest BCUT2D eigenvalue weighted by Crippen LogP contribution is -2.09. The third kappa shape index (κ3) is 7.78. The van der Waals surface area contributed by atoms with Crippen LogP contribution in [0, 0.1) is 6.92 Å². The fourth-order valence-corrected chi connectivity index (χ4v) is 9.59. The van der Waals surface area contributed by atoms with E-state index in [2.05, 4.69) is 288 Å². The van der Waals surface area contributed by atoms with Gasteiger partial charge in [0.15, 0.2) is 0 Å². The summed E-state index contributed by atoms with van der Waals surface area (Å²) in [6.45, 7) is 8.17. The minimum atomic E-state index is 1.07. The number of rotatable bonds is 12. The van der Waals surface area contributed by atoms with Crippen molar-refractivity contribution < 1.29 is 0 Å². The summed E-state index contributed by atoms with van der Waals surface area (Å²) in [6, 6.07) is 80.7. The van der Waals surface area contributed by atoms with E-state index >= 15 is 0 Å². The first kappa shape index (κ1) is 41.8. The van der Waals surface area contributed by atoms with Gasteiger partial charge in [-0.2, -0.15) is 0 Å². The Labute approximate surface area is 398 Å². The van der Waals surface area contributed by atoms with Crippen molar-refractivity contribution in [2.45, 2.75) is 13.8 Å². The number of allylic oxidation sites excluding steroid dienone is 1. The second kappa shape index (κ2) is 18.2. The molecule has 4 nitrogen and oxygen atoms in total. The summed E-state index contributed by atoms with van der Waals surface area (Å²) in [5, 5.41) is 3.64. The van der Waals surface area contributed by atoms with Crippen molar-refractivity contribution >= 4 is 79.4 Å². The third-order valence-electron chi connectivity index (χ3n) is 12.9. The quantitative estimate of drug-likeness (QED) is 0.122. The second-order valence-corrected chi connectivity index (χ2v) is 17.1. The zero-order valence-corrected chi connectivity index (χ0v) is 38.2. The van der Waals surface area contributed by atoms with E-state index in [1.165, 1.54) is 32.8 Å². The van der Waals surface area contributed by atoms with Crippen molar-refractivity contribution in [2.75, 3.05) is 9.80 Å². The van der Waals surface area contributed by atoms with Crippen molar-refractivity contribution in [2.24, 2.45) is 0 Å². The molecule has 0 saturated heterocycles. The van der Waals surface area contributed by atoms with Crippen molar-refractivity contribution in [1.82, 2.24) is 9.13 Å². The Hall–Kier alpha value is -8.86. The Morgan fingerprint density at radius 2 is 0.926 bits per heavy atom. The fourth-order valence-electron chi connectivity index (χ4n) is 9.59. The first-order valence-corrected chi connectivity index (χ1v) is 23.2. The van der Waals surface area contributed by atoms with Gasteiger partial charge in [-0.15, -0.1) is 0 Å². The van der Waals surface area contributed by atoms with E-state index in [1.807, 2.05) is 6.08 Å². The van der Waals surface area contributed by atoms with Crippen molar-refractivity contribution in [1.29, 1.82) is 0 Å². The smallest absolute Gasteiger partial charge is 0.0542 e. The fraction of sp³-hybridized carbons (Fsp3) is 0.0312. The first-order chi connectivity index (χ1) is 33.6. The summed E-state index contributed by atoms with van der Waals surface area (Å²) in [4.78, 5) is 4.62. The third-order valence-corrected chi connectivity index (χ3v) is 12.9. The molecule has 11 aromatic rings. The van der Waals surface area contributed by atoms with Gasteiger partial charge in [-0.25, -0.2) is 0 Å². The van der Waals surface area contributed by atoms with E-state index in [9.17, 15) is 0 Å². The molecule has 0 aliphatic heterocycles. The van der Waals surface area contributed by atoms with Gasteiger partial charge in [-0.3, -0.25) is 0 Å². The number of hydrogen-bond acceptors (Lipinski definition) is 2. The molecule has 0 aliphatic carbocycles. The first-order valence-electron chi connectivity index (χ1n) is 23.2. The number of aryl methyl sites for hydroxylation is 1. The number of hydrogen-bond donors (Lipinski definition) is 0. The van der Waals surface area contributed by atoms with Crippen LogP contribution in [0.5, 0.6) is 0 Å². The summed E-state index contributed by atoms with van der Waals surface area (Å²) >= 11 is 0. The maximum atomic E-state index is 3.96. The molecule has 0 saturated carbocycles. The van der Waals surface area contributed by atoms with Crippen LogP contribution >= 0.6 is 0 Å². The molecule has 0 radical (unpaired) electrons. The van der Waals surface area contributed by atoms with E-state index in [0.29, 0.717) is 0 Å². The van der Waals surface area contributed by atoms with E-state index in [-0.39, 0.29) is 0 Å². The van der Waals surface area contributed by atoms with Gasteiger partial charge in [0.1, 0.15) is 0 Å². The molecule has 0 amide bonds. The molecular formula is C64H50N4. The zero-order chi connectivity index (χ0) is 46.0. The van der Waals surface area contributed by atoms with Gasteiger partial charge in [-0.05, 0) is 146 Å². The largest absolute Gasteiger partial charge is 0.317 e. The molecule has 4 heteroatoms. The predicted octanol–water partition coefficient (Wildman–Crippen LogP) is 17.7. The minimum absolute atomic E-state index is 1.07. The number of para-hydroxylation sites is 4. The predicted molar refractivity (Wildman–Crippen MR) is 291 cm³/mol. The van der Waals surface area contributed by atoms with E-state index in [1.54, 1.807) is 0 Å². The molecule has 9 aromatic carbocycles. The molecule has 0 bridgehead atoms. The van der Waals surface area contributed by atoms with Gasteiger partial charge in [-0.1, -0.05) is 146 Å². The number of nitrogens with zero attached hydrogens (tertiary/aromatic N) is 4. The van der Waals surface area contributed by atoms with Crippen LogP contribution < -0.4 is 9.80 Å². The Bertz CT molecular complexity index is 3610. The highest BCUT2D eigenvalue weighted by molar-refractivity contribution is 6.10. The van der Waals surface area contributed by atoms with E-state index < -0.39 is 0 Å². The molecule has 0 spiro atoms. The Kier molecular flexibility index (Phi) is 11.2.